The Kier molecular flexibility index (Phi) is 6.97. The van der Waals surface area contributed by atoms with E-state index in [0.29, 0.717) is 22.8 Å². The molecule has 0 radical (unpaired) electrons. The summed E-state index contributed by atoms with van der Waals surface area (Å²) in [5.41, 5.74) is 3.03. The van der Waals surface area contributed by atoms with Crippen LogP contribution in [-0.4, -0.2) is 34.9 Å². The Morgan fingerprint density at radius 2 is 1.35 bits per heavy atom. The van der Waals surface area contributed by atoms with Gasteiger partial charge in [0.2, 0.25) is 5.95 Å². The fraction of sp³-hybridized carbons (Fsp3) is 0.250. The maximum absolute atomic E-state index is 12.7. The largest absolute Gasteiger partial charge is 0.357 e. The van der Waals surface area contributed by atoms with Crippen LogP contribution < -0.4 is 15.5 Å². The van der Waals surface area contributed by atoms with Gasteiger partial charge in [0.15, 0.2) is 0 Å². The molecule has 0 spiro atoms. The van der Waals surface area contributed by atoms with Gasteiger partial charge in [0, 0.05) is 30.3 Å². The lowest BCUT2D eigenvalue weighted by molar-refractivity contribution is 0.101. The second-order valence-electron chi connectivity index (χ2n) is 7.25. The second kappa shape index (κ2) is 9.84. The highest BCUT2D eigenvalue weighted by atomic mass is 16.2. The SMILES string of the molecule is CCN(CC)c1cc(NC(=O)c2cccc(C)c2)nc(NC(=O)c2cccc(C)c2)n1. The molecule has 0 fully saturated rings. The van der Waals surface area contributed by atoms with Crippen LogP contribution >= 0.6 is 0 Å². The van der Waals surface area contributed by atoms with Crippen LogP contribution in [0.2, 0.25) is 0 Å². The molecule has 1 heterocycles. The first-order chi connectivity index (χ1) is 14.9. The lowest BCUT2D eigenvalue weighted by atomic mass is 10.1. The Labute approximate surface area is 182 Å². The molecule has 0 unspecified atom stereocenters. The van der Waals surface area contributed by atoms with Crippen LogP contribution in [0.15, 0.2) is 54.6 Å². The molecule has 2 aromatic carbocycles. The predicted molar refractivity (Wildman–Crippen MR) is 124 cm³/mol. The second-order valence-corrected chi connectivity index (χ2v) is 7.25. The van der Waals surface area contributed by atoms with Gasteiger partial charge in [-0.25, -0.2) is 0 Å². The van der Waals surface area contributed by atoms with Gasteiger partial charge in [-0.05, 0) is 52.0 Å². The minimum atomic E-state index is -0.309. The van der Waals surface area contributed by atoms with Crippen LogP contribution in [-0.2, 0) is 0 Å². The van der Waals surface area contributed by atoms with E-state index in [-0.39, 0.29) is 17.8 Å². The summed E-state index contributed by atoms with van der Waals surface area (Å²) in [6.07, 6.45) is 0. The molecule has 0 aliphatic heterocycles. The minimum absolute atomic E-state index is 0.135. The first-order valence-electron chi connectivity index (χ1n) is 10.3. The number of hydrogen-bond donors (Lipinski definition) is 2. The topological polar surface area (TPSA) is 87.2 Å². The zero-order valence-corrected chi connectivity index (χ0v) is 18.3. The Morgan fingerprint density at radius 1 is 0.806 bits per heavy atom. The van der Waals surface area contributed by atoms with E-state index in [1.165, 1.54) is 0 Å². The third kappa shape index (κ3) is 5.66. The number of aryl methyl sites for hydroxylation is 2. The lowest BCUT2D eigenvalue weighted by Gasteiger charge is -2.21. The molecule has 0 bridgehead atoms. The average Bonchev–Trinajstić information content (AvgIpc) is 2.74. The van der Waals surface area contributed by atoms with Gasteiger partial charge < -0.3 is 10.2 Å². The Balaban J connectivity index is 1.90. The van der Waals surface area contributed by atoms with E-state index in [1.54, 1.807) is 24.3 Å². The van der Waals surface area contributed by atoms with Gasteiger partial charge >= 0.3 is 0 Å². The van der Waals surface area contributed by atoms with E-state index in [4.69, 9.17) is 0 Å². The number of benzene rings is 2. The normalized spacial score (nSPS) is 10.5. The molecular weight excluding hydrogens is 390 g/mol. The van der Waals surface area contributed by atoms with Crippen molar-refractivity contribution < 1.29 is 9.59 Å². The van der Waals surface area contributed by atoms with E-state index >= 15 is 0 Å². The molecule has 7 nitrogen and oxygen atoms in total. The van der Waals surface area contributed by atoms with Crippen LogP contribution in [0.1, 0.15) is 45.7 Å². The monoisotopic (exact) mass is 417 g/mol. The van der Waals surface area contributed by atoms with Crippen LogP contribution in [0.3, 0.4) is 0 Å². The number of aromatic nitrogens is 2. The molecule has 3 aromatic rings. The molecule has 0 saturated heterocycles. The van der Waals surface area contributed by atoms with Crippen molar-refractivity contribution in [1.29, 1.82) is 0 Å². The summed E-state index contributed by atoms with van der Waals surface area (Å²) >= 11 is 0. The molecule has 31 heavy (non-hydrogen) atoms. The summed E-state index contributed by atoms with van der Waals surface area (Å²) in [6.45, 7) is 9.34. The van der Waals surface area contributed by atoms with E-state index in [0.717, 1.165) is 24.2 Å². The average molecular weight is 418 g/mol. The number of hydrogen-bond acceptors (Lipinski definition) is 5. The summed E-state index contributed by atoms with van der Waals surface area (Å²) in [6, 6.07) is 16.3. The number of carbonyl (C=O) groups is 2. The van der Waals surface area contributed by atoms with Crippen LogP contribution in [0.5, 0.6) is 0 Å². The predicted octanol–water partition coefficient (Wildman–Crippen LogP) is 4.44. The maximum atomic E-state index is 12.7. The van der Waals surface area contributed by atoms with Gasteiger partial charge in [0.05, 0.1) is 0 Å². The Hall–Kier alpha value is -3.74. The van der Waals surface area contributed by atoms with Crippen molar-refractivity contribution in [3.63, 3.8) is 0 Å². The summed E-state index contributed by atoms with van der Waals surface area (Å²) in [5, 5.41) is 5.58. The van der Waals surface area contributed by atoms with E-state index < -0.39 is 0 Å². The minimum Gasteiger partial charge on any atom is -0.357 e. The van der Waals surface area contributed by atoms with Crippen molar-refractivity contribution >= 4 is 29.4 Å². The molecule has 7 heteroatoms. The van der Waals surface area contributed by atoms with Gasteiger partial charge in [-0.15, -0.1) is 0 Å². The zero-order chi connectivity index (χ0) is 22.4. The van der Waals surface area contributed by atoms with Crippen LogP contribution in [0.25, 0.3) is 0 Å². The molecule has 3 rings (SSSR count). The lowest BCUT2D eigenvalue weighted by Crippen LogP contribution is -2.25. The molecular formula is C24H27N5O2. The van der Waals surface area contributed by atoms with Gasteiger partial charge in [-0.1, -0.05) is 35.4 Å². The van der Waals surface area contributed by atoms with Crippen molar-refractivity contribution in [1.82, 2.24) is 9.97 Å². The Bertz CT molecular complexity index is 1020. The van der Waals surface area contributed by atoms with Crippen molar-refractivity contribution in [2.24, 2.45) is 0 Å². The molecule has 2 amide bonds. The first kappa shape index (κ1) is 22.0. The fourth-order valence-corrected chi connectivity index (χ4v) is 3.20. The van der Waals surface area contributed by atoms with Gasteiger partial charge in [-0.3, -0.25) is 14.9 Å². The molecule has 0 aliphatic carbocycles. The molecule has 0 aliphatic rings. The van der Waals surface area contributed by atoms with Crippen molar-refractivity contribution in [3.05, 3.63) is 76.9 Å². The van der Waals surface area contributed by atoms with E-state index in [1.807, 2.05) is 62.9 Å². The summed E-state index contributed by atoms with van der Waals surface area (Å²) < 4.78 is 0. The third-order valence-corrected chi connectivity index (χ3v) is 4.83. The first-order valence-corrected chi connectivity index (χ1v) is 10.3. The summed E-state index contributed by atoms with van der Waals surface area (Å²) in [5.74, 6) is 0.498. The summed E-state index contributed by atoms with van der Waals surface area (Å²) in [7, 11) is 0. The number of rotatable bonds is 7. The van der Waals surface area contributed by atoms with Gasteiger partial charge in [-0.2, -0.15) is 9.97 Å². The Morgan fingerprint density at radius 3 is 1.87 bits per heavy atom. The molecule has 160 valence electrons. The molecule has 0 atom stereocenters. The number of amides is 2. The smallest absolute Gasteiger partial charge is 0.258 e. The van der Waals surface area contributed by atoms with Gasteiger partial charge in [0.25, 0.3) is 11.8 Å². The molecule has 1 aromatic heterocycles. The van der Waals surface area contributed by atoms with Gasteiger partial charge in [0.1, 0.15) is 11.6 Å². The van der Waals surface area contributed by atoms with E-state index in [2.05, 4.69) is 20.6 Å². The fourth-order valence-electron chi connectivity index (χ4n) is 3.20. The van der Waals surface area contributed by atoms with Crippen LogP contribution in [0, 0.1) is 13.8 Å². The number of nitrogens with zero attached hydrogens (tertiary/aromatic N) is 3. The maximum Gasteiger partial charge on any atom is 0.258 e. The van der Waals surface area contributed by atoms with Crippen LogP contribution in [0.4, 0.5) is 17.6 Å². The van der Waals surface area contributed by atoms with Crippen molar-refractivity contribution in [2.45, 2.75) is 27.7 Å². The van der Waals surface area contributed by atoms with E-state index in [9.17, 15) is 9.59 Å². The zero-order valence-electron chi connectivity index (χ0n) is 18.3. The molecule has 0 saturated carbocycles. The summed E-state index contributed by atoms with van der Waals surface area (Å²) in [4.78, 5) is 36.3. The molecule has 2 N–H and O–H groups in total. The number of nitrogens with one attached hydrogen (secondary N) is 2. The quantitative estimate of drug-likeness (QED) is 0.593. The standard InChI is InChI=1S/C24H27N5O2/c1-5-29(6-2)21-15-20(25-22(30)18-11-7-9-16(3)13-18)26-24(27-21)28-23(31)19-12-8-10-17(4)14-19/h7-15H,5-6H2,1-4H3,(H2,25,26,27,28,30,31). The van der Waals surface area contributed by atoms with Crippen molar-refractivity contribution in [2.75, 3.05) is 28.6 Å². The highest BCUT2D eigenvalue weighted by Gasteiger charge is 2.15. The highest BCUT2D eigenvalue weighted by molar-refractivity contribution is 6.05. The van der Waals surface area contributed by atoms with Crippen molar-refractivity contribution in [3.8, 4) is 0 Å². The number of carbonyl (C=O) groups excluding carboxylic acids is 2. The number of anilines is 3. The third-order valence-electron chi connectivity index (χ3n) is 4.83. The highest BCUT2D eigenvalue weighted by Crippen LogP contribution is 2.20.